The summed E-state index contributed by atoms with van der Waals surface area (Å²) in [4.78, 5) is 29.8. The molecule has 2 fully saturated rings. The van der Waals surface area contributed by atoms with Gasteiger partial charge < -0.3 is 14.5 Å². The molecule has 5 nitrogen and oxygen atoms in total. The van der Waals surface area contributed by atoms with E-state index < -0.39 is 4.87 Å². The Morgan fingerprint density at radius 2 is 2.03 bits per heavy atom. The molecule has 2 aromatic rings. The first kappa shape index (κ1) is 18.6. The zero-order valence-corrected chi connectivity index (χ0v) is 17.5. The molecule has 1 saturated heterocycles. The Balaban J connectivity index is 1.62. The SMILES string of the molecule is COc1ccc2c(c1)[C@]1(SCCN1C(=O)C1CC1)C(=O)N2Cc1ccccc1C. The van der Waals surface area contributed by atoms with Crippen LogP contribution >= 0.6 is 11.8 Å². The van der Waals surface area contributed by atoms with Gasteiger partial charge in [-0.25, -0.2) is 0 Å². The van der Waals surface area contributed by atoms with Crippen molar-refractivity contribution in [2.45, 2.75) is 31.2 Å². The highest BCUT2D eigenvalue weighted by Gasteiger charge is 2.60. The molecule has 1 spiro atoms. The van der Waals surface area contributed by atoms with E-state index in [-0.39, 0.29) is 17.7 Å². The van der Waals surface area contributed by atoms with Crippen LogP contribution in [0.1, 0.15) is 29.5 Å². The van der Waals surface area contributed by atoms with Gasteiger partial charge in [-0.1, -0.05) is 24.3 Å². The van der Waals surface area contributed by atoms with Crippen molar-refractivity contribution in [3.63, 3.8) is 0 Å². The molecular formula is C23H24N2O3S. The predicted molar refractivity (Wildman–Crippen MR) is 114 cm³/mol. The molecule has 0 unspecified atom stereocenters. The normalized spacial score (nSPS) is 23.0. The second-order valence-corrected chi connectivity index (χ2v) is 9.25. The molecule has 2 heterocycles. The third kappa shape index (κ3) is 2.76. The number of carbonyl (C=O) groups excluding carboxylic acids is 2. The molecule has 5 rings (SSSR count). The van der Waals surface area contributed by atoms with Crippen LogP contribution in [0.4, 0.5) is 5.69 Å². The summed E-state index contributed by atoms with van der Waals surface area (Å²) in [5.74, 6) is 1.66. The second kappa shape index (κ2) is 6.80. The van der Waals surface area contributed by atoms with Gasteiger partial charge in [0.1, 0.15) is 5.75 Å². The zero-order valence-electron chi connectivity index (χ0n) is 16.7. The average molecular weight is 409 g/mol. The number of fused-ring (bicyclic) bond motifs is 2. The lowest BCUT2D eigenvalue weighted by Crippen LogP contribution is -2.50. The van der Waals surface area contributed by atoms with Gasteiger partial charge in [0.2, 0.25) is 5.91 Å². The van der Waals surface area contributed by atoms with Gasteiger partial charge in [-0.05, 0) is 49.1 Å². The van der Waals surface area contributed by atoms with Crippen LogP contribution in [-0.4, -0.2) is 36.1 Å². The lowest BCUT2D eigenvalue weighted by atomic mass is 10.0. The third-order valence-electron chi connectivity index (χ3n) is 6.18. The van der Waals surface area contributed by atoms with Crippen molar-refractivity contribution in [1.29, 1.82) is 0 Å². The highest BCUT2D eigenvalue weighted by atomic mass is 32.2. The van der Waals surface area contributed by atoms with Crippen molar-refractivity contribution in [2.24, 2.45) is 5.92 Å². The van der Waals surface area contributed by atoms with Crippen LogP contribution in [0.3, 0.4) is 0 Å². The van der Waals surface area contributed by atoms with Gasteiger partial charge >= 0.3 is 0 Å². The fourth-order valence-corrected chi connectivity index (χ4v) is 5.87. The number of hydrogen-bond donors (Lipinski definition) is 0. The van der Waals surface area contributed by atoms with E-state index in [1.165, 1.54) is 0 Å². The number of rotatable bonds is 4. The van der Waals surface area contributed by atoms with E-state index in [0.717, 1.165) is 41.0 Å². The molecule has 0 N–H and O–H groups in total. The van der Waals surface area contributed by atoms with E-state index in [4.69, 9.17) is 4.74 Å². The molecule has 0 radical (unpaired) electrons. The first-order valence-electron chi connectivity index (χ1n) is 10.1. The number of anilines is 1. The van der Waals surface area contributed by atoms with E-state index >= 15 is 0 Å². The van der Waals surface area contributed by atoms with Crippen LogP contribution in [0.5, 0.6) is 5.75 Å². The van der Waals surface area contributed by atoms with E-state index in [2.05, 4.69) is 19.1 Å². The van der Waals surface area contributed by atoms with Crippen molar-refractivity contribution in [2.75, 3.05) is 24.3 Å². The van der Waals surface area contributed by atoms with Crippen LogP contribution in [0.15, 0.2) is 42.5 Å². The number of hydrogen-bond acceptors (Lipinski definition) is 4. The second-order valence-electron chi connectivity index (χ2n) is 7.96. The Bertz CT molecular complexity index is 1000. The maximum atomic E-state index is 13.9. The van der Waals surface area contributed by atoms with Gasteiger partial charge in [0, 0.05) is 23.8 Å². The number of thioether (sulfide) groups is 1. The number of methoxy groups -OCH3 is 1. The first-order valence-corrected chi connectivity index (χ1v) is 11.1. The van der Waals surface area contributed by atoms with E-state index in [1.807, 2.05) is 40.1 Å². The lowest BCUT2D eigenvalue weighted by Gasteiger charge is -2.33. The minimum Gasteiger partial charge on any atom is -0.497 e. The van der Waals surface area contributed by atoms with E-state index in [0.29, 0.717) is 18.8 Å². The Morgan fingerprint density at radius 3 is 2.76 bits per heavy atom. The largest absolute Gasteiger partial charge is 0.497 e. The monoisotopic (exact) mass is 408 g/mol. The van der Waals surface area contributed by atoms with Crippen molar-refractivity contribution in [3.05, 3.63) is 59.2 Å². The predicted octanol–water partition coefficient (Wildman–Crippen LogP) is 3.69. The Morgan fingerprint density at radius 1 is 1.24 bits per heavy atom. The maximum Gasteiger partial charge on any atom is 0.268 e. The topological polar surface area (TPSA) is 49.9 Å². The average Bonchev–Trinajstić information content (AvgIpc) is 3.45. The molecule has 0 bridgehead atoms. The summed E-state index contributed by atoms with van der Waals surface area (Å²) in [6, 6.07) is 13.9. The maximum absolute atomic E-state index is 13.9. The molecule has 2 amide bonds. The van der Waals surface area contributed by atoms with Crippen LogP contribution in [0.25, 0.3) is 0 Å². The van der Waals surface area contributed by atoms with Crippen LogP contribution in [0, 0.1) is 12.8 Å². The van der Waals surface area contributed by atoms with Crippen LogP contribution in [0.2, 0.25) is 0 Å². The minimum absolute atomic E-state index is 0.0134. The van der Waals surface area contributed by atoms with Gasteiger partial charge in [-0.2, -0.15) is 0 Å². The van der Waals surface area contributed by atoms with Crippen LogP contribution < -0.4 is 9.64 Å². The van der Waals surface area contributed by atoms with Crippen molar-refractivity contribution >= 4 is 29.3 Å². The molecule has 150 valence electrons. The summed E-state index contributed by atoms with van der Waals surface area (Å²) >= 11 is 1.58. The highest BCUT2D eigenvalue weighted by molar-refractivity contribution is 8.01. The van der Waals surface area contributed by atoms with Gasteiger partial charge in [0.05, 0.1) is 19.3 Å². The summed E-state index contributed by atoms with van der Waals surface area (Å²) in [7, 11) is 1.63. The van der Waals surface area contributed by atoms with E-state index in [9.17, 15) is 9.59 Å². The summed E-state index contributed by atoms with van der Waals surface area (Å²) in [6.07, 6.45) is 1.87. The summed E-state index contributed by atoms with van der Waals surface area (Å²) in [5, 5.41) is 0. The quantitative estimate of drug-likeness (QED) is 0.774. The van der Waals surface area contributed by atoms with Gasteiger partial charge in [-0.15, -0.1) is 11.8 Å². The Labute approximate surface area is 175 Å². The first-order chi connectivity index (χ1) is 14.1. The number of nitrogens with zero attached hydrogens (tertiary/aromatic N) is 2. The molecule has 1 aliphatic carbocycles. The number of carbonyl (C=O) groups is 2. The summed E-state index contributed by atoms with van der Waals surface area (Å²) in [6.45, 7) is 3.17. The molecule has 29 heavy (non-hydrogen) atoms. The third-order valence-corrected chi connectivity index (χ3v) is 7.60. The molecular weight excluding hydrogens is 384 g/mol. The minimum atomic E-state index is -0.966. The molecule has 2 aliphatic heterocycles. The highest BCUT2D eigenvalue weighted by Crippen LogP contribution is 2.56. The molecule has 1 saturated carbocycles. The molecule has 3 aliphatic rings. The fraction of sp³-hybridized carbons (Fsp3) is 0.391. The number of aryl methyl sites for hydroxylation is 1. The Kier molecular flexibility index (Phi) is 4.35. The fourth-order valence-electron chi connectivity index (χ4n) is 4.41. The molecule has 2 aromatic carbocycles. The smallest absolute Gasteiger partial charge is 0.268 e. The molecule has 0 aromatic heterocycles. The summed E-state index contributed by atoms with van der Waals surface area (Å²) < 4.78 is 5.46. The van der Waals surface area contributed by atoms with Crippen LogP contribution in [-0.2, 0) is 21.0 Å². The number of benzene rings is 2. The molecule has 6 heteroatoms. The van der Waals surface area contributed by atoms with Gasteiger partial charge in [0.25, 0.3) is 5.91 Å². The van der Waals surface area contributed by atoms with Crippen molar-refractivity contribution < 1.29 is 14.3 Å². The van der Waals surface area contributed by atoms with Gasteiger partial charge in [-0.3, -0.25) is 9.59 Å². The van der Waals surface area contributed by atoms with Gasteiger partial charge in [0.15, 0.2) is 4.87 Å². The number of ether oxygens (including phenoxy) is 1. The lowest BCUT2D eigenvalue weighted by molar-refractivity contribution is -0.141. The number of amides is 2. The van der Waals surface area contributed by atoms with E-state index in [1.54, 1.807) is 18.9 Å². The Hall–Kier alpha value is -2.47. The van der Waals surface area contributed by atoms with Crippen molar-refractivity contribution in [1.82, 2.24) is 4.90 Å². The van der Waals surface area contributed by atoms with Crippen molar-refractivity contribution in [3.8, 4) is 5.75 Å². The standard InChI is InChI=1S/C23H24N2O3S/c1-15-5-3-4-6-17(15)14-24-20-10-9-18(28-2)13-19(20)23(22(24)27)25(11-12-29-23)21(26)16-7-8-16/h3-6,9-10,13,16H,7-8,11-12,14H2,1-2H3/t23-/m0/s1. The zero-order chi connectivity index (χ0) is 20.2. The summed E-state index contributed by atoms with van der Waals surface area (Å²) in [5.41, 5.74) is 4.03. The molecule has 1 atom stereocenters.